The van der Waals surface area contributed by atoms with Gasteiger partial charge >= 0.3 is 0 Å². The molecule has 0 atom stereocenters. The monoisotopic (exact) mass is 178 g/mol. The van der Waals surface area contributed by atoms with Crippen molar-refractivity contribution in [1.82, 2.24) is 10.2 Å². The highest BCUT2D eigenvalue weighted by molar-refractivity contribution is 5.31. The molecule has 0 aromatic heterocycles. The van der Waals surface area contributed by atoms with Crippen LogP contribution >= 0.6 is 0 Å². The highest BCUT2D eigenvalue weighted by Crippen LogP contribution is 2.21. The molecule has 1 N–H and O–H groups in total. The first-order chi connectivity index (χ1) is 6.38. The fraction of sp³-hybridized carbons (Fsp3) is 0.636. The van der Waals surface area contributed by atoms with Crippen LogP contribution in [-0.2, 0) is 0 Å². The second-order valence-corrected chi connectivity index (χ2v) is 3.79. The molecule has 13 heavy (non-hydrogen) atoms. The van der Waals surface area contributed by atoms with Crippen molar-refractivity contribution in [2.45, 2.75) is 19.8 Å². The van der Waals surface area contributed by atoms with E-state index in [4.69, 9.17) is 0 Å². The van der Waals surface area contributed by atoms with Crippen molar-refractivity contribution >= 4 is 0 Å². The first-order valence-corrected chi connectivity index (χ1v) is 5.21. The van der Waals surface area contributed by atoms with Crippen molar-refractivity contribution in [3.8, 4) is 0 Å². The third kappa shape index (κ3) is 1.94. The molecule has 2 nitrogen and oxygen atoms in total. The first-order valence-electron chi connectivity index (χ1n) is 5.21. The predicted octanol–water partition coefficient (Wildman–Crippen LogP) is 1.52. The van der Waals surface area contributed by atoms with Crippen LogP contribution in [0.2, 0.25) is 0 Å². The molecule has 0 aromatic rings. The van der Waals surface area contributed by atoms with Gasteiger partial charge in [-0.2, -0.15) is 0 Å². The summed E-state index contributed by atoms with van der Waals surface area (Å²) in [5.74, 6) is 0. The zero-order valence-corrected chi connectivity index (χ0v) is 8.34. The Kier molecular flexibility index (Phi) is 2.69. The molecule has 0 saturated carbocycles. The van der Waals surface area contributed by atoms with E-state index in [-0.39, 0.29) is 0 Å². The maximum absolute atomic E-state index is 3.38. The molecule has 1 aliphatic heterocycles. The standard InChI is InChI=1S/C11H18N2/c1-10-4-2-3-5-11(10)13-8-6-12-7-9-13/h4-5,12H,2-3,6-9H2,1H3. The summed E-state index contributed by atoms with van der Waals surface area (Å²) in [4.78, 5) is 2.50. The van der Waals surface area contributed by atoms with Crippen molar-refractivity contribution in [3.63, 3.8) is 0 Å². The molecule has 2 heteroatoms. The van der Waals surface area contributed by atoms with Gasteiger partial charge in [-0.05, 0) is 25.3 Å². The minimum atomic E-state index is 1.13. The van der Waals surface area contributed by atoms with Crippen LogP contribution in [0.15, 0.2) is 23.4 Å². The molecule has 72 valence electrons. The summed E-state index contributed by atoms with van der Waals surface area (Å²) < 4.78 is 0. The largest absolute Gasteiger partial charge is 0.369 e. The summed E-state index contributed by atoms with van der Waals surface area (Å²) in [6.45, 7) is 6.82. The minimum absolute atomic E-state index is 1.13. The van der Waals surface area contributed by atoms with Crippen LogP contribution in [0.4, 0.5) is 0 Å². The van der Waals surface area contributed by atoms with Crippen molar-refractivity contribution < 1.29 is 0 Å². The number of rotatable bonds is 1. The molecule has 2 rings (SSSR count). The van der Waals surface area contributed by atoms with Crippen molar-refractivity contribution in [2.24, 2.45) is 0 Å². The van der Waals surface area contributed by atoms with E-state index in [0.717, 1.165) is 26.2 Å². The molecule has 0 amide bonds. The Labute approximate surface area is 80.3 Å². The fourth-order valence-corrected chi connectivity index (χ4v) is 2.07. The van der Waals surface area contributed by atoms with E-state index in [1.165, 1.54) is 24.1 Å². The average Bonchev–Trinajstić information content (AvgIpc) is 2.20. The van der Waals surface area contributed by atoms with Crippen molar-refractivity contribution in [3.05, 3.63) is 23.4 Å². The van der Waals surface area contributed by atoms with Gasteiger partial charge in [0, 0.05) is 31.9 Å². The molecule has 0 aromatic carbocycles. The van der Waals surface area contributed by atoms with Crippen LogP contribution in [0.1, 0.15) is 19.8 Å². The van der Waals surface area contributed by atoms with Crippen LogP contribution < -0.4 is 5.32 Å². The summed E-state index contributed by atoms with van der Waals surface area (Å²) in [6.07, 6.45) is 7.19. The number of hydrogen-bond acceptors (Lipinski definition) is 2. The second kappa shape index (κ2) is 3.97. The van der Waals surface area contributed by atoms with Gasteiger partial charge in [0.15, 0.2) is 0 Å². The summed E-state index contributed by atoms with van der Waals surface area (Å²) in [5.41, 5.74) is 2.95. The summed E-state index contributed by atoms with van der Waals surface area (Å²) in [6, 6.07) is 0. The molecule has 0 spiro atoms. The zero-order valence-electron chi connectivity index (χ0n) is 8.34. The van der Waals surface area contributed by atoms with E-state index in [0.29, 0.717) is 0 Å². The van der Waals surface area contributed by atoms with Gasteiger partial charge in [-0.25, -0.2) is 0 Å². The van der Waals surface area contributed by atoms with Gasteiger partial charge in [-0.15, -0.1) is 0 Å². The molecule has 1 aliphatic carbocycles. The number of allylic oxidation sites excluding steroid dienone is 3. The Morgan fingerprint density at radius 1 is 1.15 bits per heavy atom. The van der Waals surface area contributed by atoms with E-state index in [2.05, 4.69) is 29.3 Å². The number of nitrogens with one attached hydrogen (secondary N) is 1. The quantitative estimate of drug-likeness (QED) is 0.655. The van der Waals surface area contributed by atoms with Crippen LogP contribution in [0.25, 0.3) is 0 Å². The van der Waals surface area contributed by atoms with Crippen LogP contribution in [-0.4, -0.2) is 31.1 Å². The van der Waals surface area contributed by atoms with Gasteiger partial charge in [0.25, 0.3) is 0 Å². The highest BCUT2D eigenvalue weighted by Gasteiger charge is 2.14. The Morgan fingerprint density at radius 3 is 2.54 bits per heavy atom. The second-order valence-electron chi connectivity index (χ2n) is 3.79. The van der Waals surface area contributed by atoms with Gasteiger partial charge in [-0.3, -0.25) is 0 Å². The Hall–Kier alpha value is -0.760. The topological polar surface area (TPSA) is 15.3 Å². The minimum Gasteiger partial charge on any atom is -0.369 e. The lowest BCUT2D eigenvalue weighted by Crippen LogP contribution is -2.43. The van der Waals surface area contributed by atoms with Gasteiger partial charge in [-0.1, -0.05) is 12.2 Å². The number of piperazine rings is 1. The average molecular weight is 178 g/mol. The molecule has 1 fully saturated rings. The molecule has 2 aliphatic rings. The maximum Gasteiger partial charge on any atom is 0.0353 e. The Morgan fingerprint density at radius 2 is 1.85 bits per heavy atom. The Balaban J connectivity index is 2.05. The first kappa shape index (κ1) is 8.82. The highest BCUT2D eigenvalue weighted by atomic mass is 15.2. The van der Waals surface area contributed by atoms with Gasteiger partial charge in [0.2, 0.25) is 0 Å². The third-order valence-corrected chi connectivity index (χ3v) is 2.82. The van der Waals surface area contributed by atoms with Gasteiger partial charge < -0.3 is 10.2 Å². The van der Waals surface area contributed by atoms with Crippen LogP contribution in [0.3, 0.4) is 0 Å². The fourth-order valence-electron chi connectivity index (χ4n) is 2.07. The molecular weight excluding hydrogens is 160 g/mol. The number of nitrogens with zero attached hydrogens (tertiary/aromatic N) is 1. The lowest BCUT2D eigenvalue weighted by atomic mass is 10.0. The van der Waals surface area contributed by atoms with Crippen molar-refractivity contribution in [1.29, 1.82) is 0 Å². The van der Waals surface area contributed by atoms with Gasteiger partial charge in [0.1, 0.15) is 0 Å². The van der Waals surface area contributed by atoms with E-state index in [9.17, 15) is 0 Å². The van der Waals surface area contributed by atoms with E-state index in [1.807, 2.05) is 0 Å². The SMILES string of the molecule is CC1=CCCC=C1N1CCNCC1. The predicted molar refractivity (Wildman–Crippen MR) is 55.5 cm³/mol. The van der Waals surface area contributed by atoms with Crippen LogP contribution in [0, 0.1) is 0 Å². The lowest BCUT2D eigenvalue weighted by molar-refractivity contribution is 0.302. The Bertz CT molecular complexity index is 234. The smallest absolute Gasteiger partial charge is 0.0353 e. The zero-order chi connectivity index (χ0) is 9.10. The molecular formula is C11H18N2. The lowest BCUT2D eigenvalue weighted by Gasteiger charge is -2.33. The maximum atomic E-state index is 3.38. The van der Waals surface area contributed by atoms with E-state index < -0.39 is 0 Å². The summed E-state index contributed by atoms with van der Waals surface area (Å²) in [5, 5.41) is 3.38. The van der Waals surface area contributed by atoms with Gasteiger partial charge in [0.05, 0.1) is 0 Å². The third-order valence-electron chi connectivity index (χ3n) is 2.82. The molecule has 0 bridgehead atoms. The molecule has 0 radical (unpaired) electrons. The van der Waals surface area contributed by atoms with E-state index >= 15 is 0 Å². The normalized spacial score (nSPS) is 23.9. The molecule has 1 heterocycles. The molecule has 1 saturated heterocycles. The van der Waals surface area contributed by atoms with E-state index in [1.54, 1.807) is 0 Å². The molecule has 0 unspecified atom stereocenters. The summed E-state index contributed by atoms with van der Waals surface area (Å²) in [7, 11) is 0. The van der Waals surface area contributed by atoms with Crippen molar-refractivity contribution in [2.75, 3.05) is 26.2 Å². The van der Waals surface area contributed by atoms with Crippen LogP contribution in [0.5, 0.6) is 0 Å². The number of hydrogen-bond donors (Lipinski definition) is 1. The summed E-state index contributed by atoms with van der Waals surface area (Å²) >= 11 is 0.